The van der Waals surface area contributed by atoms with E-state index in [2.05, 4.69) is 23.5 Å². The van der Waals surface area contributed by atoms with E-state index in [-0.39, 0.29) is 0 Å². The van der Waals surface area contributed by atoms with Crippen molar-refractivity contribution >= 4 is 6.08 Å². The van der Waals surface area contributed by atoms with E-state index < -0.39 is 0 Å². The molecular formula is C14H16N2. The first-order valence-corrected chi connectivity index (χ1v) is 5.71. The Morgan fingerprint density at radius 3 is 3.12 bits per heavy atom. The third kappa shape index (κ3) is 2.15. The predicted octanol–water partition coefficient (Wildman–Crippen LogP) is 2.82. The second-order valence-corrected chi connectivity index (χ2v) is 4.15. The summed E-state index contributed by atoms with van der Waals surface area (Å²) >= 11 is 0. The largest absolute Gasteiger partial charge is 0.313 e. The monoisotopic (exact) mass is 212 g/mol. The minimum atomic E-state index is 0.498. The molecule has 0 fully saturated rings. The lowest BCUT2D eigenvalue weighted by molar-refractivity contribution is 0.496. The Bertz CT molecular complexity index is 441. The molecule has 0 spiro atoms. The number of nitrogens with zero attached hydrogens (tertiary/aromatic N) is 1. The summed E-state index contributed by atoms with van der Waals surface area (Å²) in [5.41, 5.74) is 3.96. The summed E-state index contributed by atoms with van der Waals surface area (Å²) in [5, 5.41) is 11.9. The van der Waals surface area contributed by atoms with Crippen molar-refractivity contribution in [3.63, 3.8) is 0 Å². The molecule has 1 aliphatic rings. The summed E-state index contributed by atoms with van der Waals surface area (Å²) in [6.07, 6.45) is 7.01. The van der Waals surface area contributed by atoms with Crippen LogP contribution in [0.2, 0.25) is 0 Å². The zero-order valence-electron chi connectivity index (χ0n) is 9.53. The lowest BCUT2D eigenvalue weighted by atomic mass is 9.86. The lowest BCUT2D eigenvalue weighted by Crippen LogP contribution is -2.21. The Hall–Kier alpha value is -1.59. The lowest BCUT2D eigenvalue weighted by Gasteiger charge is -2.25. The fraction of sp³-hybridized carbons (Fsp3) is 0.357. The van der Waals surface area contributed by atoms with E-state index in [0.717, 1.165) is 12.0 Å². The third-order valence-corrected chi connectivity index (χ3v) is 3.18. The molecule has 1 aromatic carbocycles. The van der Waals surface area contributed by atoms with Crippen LogP contribution in [0.15, 0.2) is 24.3 Å². The van der Waals surface area contributed by atoms with E-state index in [4.69, 9.17) is 5.26 Å². The van der Waals surface area contributed by atoms with Gasteiger partial charge in [-0.3, -0.25) is 0 Å². The van der Waals surface area contributed by atoms with Crippen molar-refractivity contribution in [2.75, 3.05) is 7.05 Å². The average molecular weight is 212 g/mol. The molecule has 0 radical (unpaired) electrons. The summed E-state index contributed by atoms with van der Waals surface area (Å²) < 4.78 is 0. The maximum Gasteiger partial charge on any atom is 0.0912 e. The fourth-order valence-corrected chi connectivity index (χ4v) is 2.37. The van der Waals surface area contributed by atoms with Crippen LogP contribution >= 0.6 is 0 Å². The van der Waals surface area contributed by atoms with Gasteiger partial charge < -0.3 is 5.32 Å². The molecule has 0 saturated carbocycles. The normalized spacial score (nSPS) is 19.4. The number of rotatable bonds is 2. The van der Waals surface area contributed by atoms with E-state index in [1.807, 2.05) is 19.2 Å². The Morgan fingerprint density at radius 1 is 1.50 bits per heavy atom. The Balaban J connectivity index is 2.32. The Labute approximate surface area is 96.6 Å². The number of hydrogen-bond acceptors (Lipinski definition) is 2. The van der Waals surface area contributed by atoms with Crippen molar-refractivity contribution in [2.24, 2.45) is 0 Å². The molecule has 0 heterocycles. The molecule has 0 amide bonds. The van der Waals surface area contributed by atoms with Gasteiger partial charge in [0.25, 0.3) is 0 Å². The van der Waals surface area contributed by atoms with Crippen molar-refractivity contribution in [1.29, 1.82) is 5.26 Å². The number of nitrogens with one attached hydrogen (secondary N) is 1. The van der Waals surface area contributed by atoms with Gasteiger partial charge in [-0.05, 0) is 49.1 Å². The van der Waals surface area contributed by atoms with Gasteiger partial charge >= 0.3 is 0 Å². The second kappa shape index (κ2) is 4.96. The van der Waals surface area contributed by atoms with Gasteiger partial charge in [-0.25, -0.2) is 0 Å². The van der Waals surface area contributed by atoms with Crippen LogP contribution in [0.4, 0.5) is 0 Å². The number of aryl methyl sites for hydroxylation is 1. The summed E-state index contributed by atoms with van der Waals surface area (Å²) in [6, 6.07) is 9.00. The summed E-state index contributed by atoms with van der Waals surface area (Å²) in [4.78, 5) is 0. The topological polar surface area (TPSA) is 35.8 Å². The molecule has 16 heavy (non-hydrogen) atoms. The van der Waals surface area contributed by atoms with Crippen LogP contribution in [0.3, 0.4) is 0 Å². The number of fused-ring (bicyclic) bond motifs is 1. The Kier molecular flexibility index (Phi) is 3.38. The van der Waals surface area contributed by atoms with E-state index in [1.54, 1.807) is 0 Å². The highest BCUT2D eigenvalue weighted by Gasteiger charge is 2.18. The van der Waals surface area contributed by atoms with Crippen molar-refractivity contribution in [1.82, 2.24) is 5.32 Å². The van der Waals surface area contributed by atoms with Gasteiger partial charge in [-0.2, -0.15) is 5.26 Å². The van der Waals surface area contributed by atoms with E-state index in [0.29, 0.717) is 6.04 Å². The first-order chi connectivity index (χ1) is 7.85. The van der Waals surface area contributed by atoms with Gasteiger partial charge in [0.2, 0.25) is 0 Å². The van der Waals surface area contributed by atoms with E-state index in [9.17, 15) is 0 Å². The van der Waals surface area contributed by atoms with E-state index in [1.165, 1.54) is 30.0 Å². The number of hydrogen-bond donors (Lipinski definition) is 1. The molecule has 2 rings (SSSR count). The quantitative estimate of drug-likeness (QED) is 0.765. The summed E-state index contributed by atoms with van der Waals surface area (Å²) in [7, 11) is 2.02. The molecular weight excluding hydrogens is 196 g/mol. The maximum absolute atomic E-state index is 8.50. The molecule has 0 saturated heterocycles. The molecule has 0 unspecified atom stereocenters. The minimum Gasteiger partial charge on any atom is -0.313 e. The van der Waals surface area contributed by atoms with Gasteiger partial charge in [-0.1, -0.05) is 18.2 Å². The first-order valence-electron chi connectivity index (χ1n) is 5.71. The first kappa shape index (κ1) is 10.9. The van der Waals surface area contributed by atoms with Crippen molar-refractivity contribution in [3.05, 3.63) is 41.0 Å². The van der Waals surface area contributed by atoms with Crippen LogP contribution in [-0.2, 0) is 6.42 Å². The van der Waals surface area contributed by atoms with Crippen molar-refractivity contribution < 1.29 is 0 Å². The summed E-state index contributed by atoms with van der Waals surface area (Å²) in [5.74, 6) is 0. The molecule has 1 N–H and O–H groups in total. The zero-order valence-corrected chi connectivity index (χ0v) is 9.53. The van der Waals surface area contributed by atoms with Gasteiger partial charge in [0, 0.05) is 12.1 Å². The number of benzene rings is 1. The number of nitriles is 1. The standard InChI is InChI=1S/C14H16N2/c1-16-14-6-2-5-12-10-11(4-3-9-15)7-8-13(12)14/h3-4,7-8,10,14,16H,2,5-6H2,1H3/b4-3+/t14-/m0/s1. The highest BCUT2D eigenvalue weighted by Crippen LogP contribution is 2.30. The third-order valence-electron chi connectivity index (χ3n) is 3.18. The smallest absolute Gasteiger partial charge is 0.0912 e. The molecule has 0 bridgehead atoms. The van der Waals surface area contributed by atoms with Crippen molar-refractivity contribution in [3.8, 4) is 6.07 Å². The second-order valence-electron chi connectivity index (χ2n) is 4.15. The van der Waals surface area contributed by atoms with Crippen LogP contribution in [-0.4, -0.2) is 7.05 Å². The molecule has 2 heteroatoms. The zero-order chi connectivity index (χ0) is 11.4. The van der Waals surface area contributed by atoms with Crippen molar-refractivity contribution in [2.45, 2.75) is 25.3 Å². The highest BCUT2D eigenvalue weighted by molar-refractivity contribution is 5.54. The fourth-order valence-electron chi connectivity index (χ4n) is 2.37. The Morgan fingerprint density at radius 2 is 2.38 bits per heavy atom. The molecule has 0 aromatic heterocycles. The SMILES string of the molecule is CN[C@H]1CCCc2cc(/C=C/C#N)ccc21. The van der Waals surface area contributed by atoms with Gasteiger partial charge in [0.1, 0.15) is 0 Å². The van der Waals surface area contributed by atoms with Crippen LogP contribution in [0.5, 0.6) is 0 Å². The van der Waals surface area contributed by atoms with Gasteiger partial charge in [0.15, 0.2) is 0 Å². The van der Waals surface area contributed by atoms with E-state index >= 15 is 0 Å². The molecule has 82 valence electrons. The van der Waals surface area contributed by atoms with Gasteiger partial charge in [0.05, 0.1) is 6.07 Å². The van der Waals surface area contributed by atoms with Crippen LogP contribution in [0.25, 0.3) is 6.08 Å². The average Bonchev–Trinajstić information content (AvgIpc) is 2.35. The minimum absolute atomic E-state index is 0.498. The molecule has 0 aliphatic heterocycles. The number of allylic oxidation sites excluding steroid dienone is 1. The maximum atomic E-state index is 8.50. The molecule has 1 aliphatic carbocycles. The predicted molar refractivity (Wildman–Crippen MR) is 65.8 cm³/mol. The molecule has 1 atom stereocenters. The highest BCUT2D eigenvalue weighted by atomic mass is 14.9. The molecule has 1 aromatic rings. The molecule has 2 nitrogen and oxygen atoms in total. The summed E-state index contributed by atoms with van der Waals surface area (Å²) in [6.45, 7) is 0. The van der Waals surface area contributed by atoms with Gasteiger partial charge in [-0.15, -0.1) is 0 Å². The van der Waals surface area contributed by atoms with Crippen LogP contribution < -0.4 is 5.32 Å². The van der Waals surface area contributed by atoms with Crippen LogP contribution in [0.1, 0.15) is 35.6 Å². The van der Waals surface area contributed by atoms with Crippen LogP contribution in [0, 0.1) is 11.3 Å².